The van der Waals surface area contributed by atoms with Crippen LogP contribution < -0.4 is 14.8 Å². The van der Waals surface area contributed by atoms with Gasteiger partial charge in [0.1, 0.15) is 0 Å². The first-order valence-corrected chi connectivity index (χ1v) is 8.37. The molecule has 2 rings (SSSR count). The van der Waals surface area contributed by atoms with E-state index in [-0.39, 0.29) is 18.9 Å². The lowest BCUT2D eigenvalue weighted by Gasteiger charge is -2.16. The van der Waals surface area contributed by atoms with E-state index in [1.807, 2.05) is 24.4 Å². The maximum atomic E-state index is 12.1. The maximum Gasteiger partial charge on any atom is 0.305 e. The number of amides is 1. The fourth-order valence-corrected chi connectivity index (χ4v) is 2.89. The molecular weight excluding hydrogens is 330 g/mol. The molecule has 1 heterocycles. The van der Waals surface area contributed by atoms with Gasteiger partial charge < -0.3 is 19.9 Å². The summed E-state index contributed by atoms with van der Waals surface area (Å²) in [6.07, 6.45) is -0.179. The SMILES string of the molecule is CCOc1ccccc1OCC(=O)N[C@@H](CC(=O)O)c1cccs1. The smallest absolute Gasteiger partial charge is 0.305 e. The van der Waals surface area contributed by atoms with E-state index in [0.29, 0.717) is 18.1 Å². The van der Waals surface area contributed by atoms with Crippen LogP contribution in [0.5, 0.6) is 11.5 Å². The first-order valence-electron chi connectivity index (χ1n) is 7.49. The van der Waals surface area contributed by atoms with E-state index in [1.54, 1.807) is 24.3 Å². The molecule has 0 saturated heterocycles. The fourth-order valence-electron chi connectivity index (χ4n) is 2.11. The number of benzene rings is 1. The molecule has 0 bridgehead atoms. The van der Waals surface area contributed by atoms with Crippen LogP contribution in [0.2, 0.25) is 0 Å². The zero-order valence-electron chi connectivity index (χ0n) is 13.2. The number of carbonyl (C=O) groups is 2. The normalized spacial score (nSPS) is 11.5. The predicted molar refractivity (Wildman–Crippen MR) is 90.6 cm³/mol. The van der Waals surface area contributed by atoms with E-state index >= 15 is 0 Å². The average Bonchev–Trinajstić information content (AvgIpc) is 3.08. The Morgan fingerprint density at radius 1 is 1.17 bits per heavy atom. The van der Waals surface area contributed by atoms with Gasteiger partial charge in [-0.3, -0.25) is 9.59 Å². The summed E-state index contributed by atoms with van der Waals surface area (Å²) in [6.45, 7) is 2.14. The van der Waals surface area contributed by atoms with Crippen molar-refractivity contribution in [1.29, 1.82) is 0 Å². The average molecular weight is 349 g/mol. The molecule has 0 spiro atoms. The summed E-state index contributed by atoms with van der Waals surface area (Å²) in [5.41, 5.74) is 0. The van der Waals surface area contributed by atoms with Crippen LogP contribution in [-0.4, -0.2) is 30.2 Å². The first-order chi connectivity index (χ1) is 11.6. The molecule has 6 nitrogen and oxygen atoms in total. The second-order valence-corrected chi connectivity index (χ2v) is 5.88. The summed E-state index contributed by atoms with van der Waals surface area (Å²) < 4.78 is 10.9. The van der Waals surface area contributed by atoms with Crippen molar-refractivity contribution >= 4 is 23.2 Å². The molecule has 1 aromatic heterocycles. The predicted octanol–water partition coefficient (Wildman–Crippen LogP) is 2.86. The van der Waals surface area contributed by atoms with E-state index in [2.05, 4.69) is 5.32 Å². The van der Waals surface area contributed by atoms with E-state index in [1.165, 1.54) is 11.3 Å². The molecule has 2 aromatic rings. The highest BCUT2D eigenvalue weighted by molar-refractivity contribution is 7.10. The Bertz CT molecular complexity index is 671. The van der Waals surface area contributed by atoms with Gasteiger partial charge in [0, 0.05) is 4.88 Å². The van der Waals surface area contributed by atoms with Crippen molar-refractivity contribution < 1.29 is 24.2 Å². The molecule has 24 heavy (non-hydrogen) atoms. The molecule has 128 valence electrons. The number of carboxylic acids is 1. The number of rotatable bonds is 9. The third kappa shape index (κ3) is 5.27. The van der Waals surface area contributed by atoms with Crippen LogP contribution in [0, 0.1) is 0 Å². The minimum Gasteiger partial charge on any atom is -0.490 e. The summed E-state index contributed by atoms with van der Waals surface area (Å²) in [5, 5.41) is 13.5. The number of carbonyl (C=O) groups excluding carboxylic acids is 1. The summed E-state index contributed by atoms with van der Waals surface area (Å²) in [4.78, 5) is 23.9. The fraction of sp³-hybridized carbons (Fsp3) is 0.294. The van der Waals surface area contributed by atoms with Gasteiger partial charge in [-0.1, -0.05) is 18.2 Å². The van der Waals surface area contributed by atoms with Crippen molar-refractivity contribution in [2.45, 2.75) is 19.4 Å². The molecule has 0 fully saturated rings. The summed E-state index contributed by atoms with van der Waals surface area (Å²) in [7, 11) is 0. The summed E-state index contributed by atoms with van der Waals surface area (Å²) in [6, 6.07) is 10.1. The molecule has 1 aromatic carbocycles. The highest BCUT2D eigenvalue weighted by Gasteiger charge is 2.19. The molecule has 7 heteroatoms. The third-order valence-electron chi connectivity index (χ3n) is 3.11. The second kappa shape index (κ2) is 8.93. The lowest BCUT2D eigenvalue weighted by molar-refractivity contribution is -0.137. The molecule has 1 amide bonds. The second-order valence-electron chi connectivity index (χ2n) is 4.90. The quantitative estimate of drug-likeness (QED) is 0.727. The van der Waals surface area contributed by atoms with E-state index in [4.69, 9.17) is 14.6 Å². The van der Waals surface area contributed by atoms with Gasteiger partial charge >= 0.3 is 5.97 Å². The Morgan fingerprint density at radius 2 is 1.88 bits per heavy atom. The van der Waals surface area contributed by atoms with E-state index < -0.39 is 12.0 Å². The summed E-state index contributed by atoms with van der Waals surface area (Å²) >= 11 is 1.40. The van der Waals surface area contributed by atoms with Crippen LogP contribution in [0.25, 0.3) is 0 Å². The highest BCUT2D eigenvalue weighted by Crippen LogP contribution is 2.26. The molecular formula is C17H19NO5S. The molecule has 2 N–H and O–H groups in total. The Hall–Kier alpha value is -2.54. The molecule has 0 aliphatic rings. The number of para-hydroxylation sites is 2. The minimum absolute atomic E-state index is 0.179. The van der Waals surface area contributed by atoms with Gasteiger partial charge in [0.15, 0.2) is 18.1 Å². The lowest BCUT2D eigenvalue weighted by atomic mass is 10.1. The number of hydrogen-bond acceptors (Lipinski definition) is 5. The maximum absolute atomic E-state index is 12.1. The van der Waals surface area contributed by atoms with Crippen molar-refractivity contribution in [2.24, 2.45) is 0 Å². The van der Waals surface area contributed by atoms with Crippen LogP contribution in [0.1, 0.15) is 24.3 Å². The monoisotopic (exact) mass is 349 g/mol. The van der Waals surface area contributed by atoms with Gasteiger partial charge in [-0.25, -0.2) is 0 Å². The third-order valence-corrected chi connectivity index (χ3v) is 4.09. The van der Waals surface area contributed by atoms with Gasteiger partial charge in [-0.15, -0.1) is 11.3 Å². The highest BCUT2D eigenvalue weighted by atomic mass is 32.1. The molecule has 0 unspecified atom stereocenters. The number of ether oxygens (including phenoxy) is 2. The van der Waals surface area contributed by atoms with Crippen molar-refractivity contribution in [3.05, 3.63) is 46.7 Å². The number of thiophene rings is 1. The van der Waals surface area contributed by atoms with Crippen molar-refractivity contribution in [1.82, 2.24) is 5.32 Å². The van der Waals surface area contributed by atoms with Crippen molar-refractivity contribution in [2.75, 3.05) is 13.2 Å². The molecule has 0 aliphatic heterocycles. The van der Waals surface area contributed by atoms with Crippen LogP contribution in [0.3, 0.4) is 0 Å². The van der Waals surface area contributed by atoms with E-state index in [9.17, 15) is 9.59 Å². The first kappa shape index (κ1) is 17.8. The number of aliphatic carboxylic acids is 1. The molecule has 0 aliphatic carbocycles. The van der Waals surface area contributed by atoms with E-state index in [0.717, 1.165) is 4.88 Å². The molecule has 1 atom stereocenters. The van der Waals surface area contributed by atoms with Crippen LogP contribution in [-0.2, 0) is 9.59 Å². The Kier molecular flexibility index (Phi) is 6.62. The Labute approximate surface area is 144 Å². The van der Waals surface area contributed by atoms with Crippen LogP contribution in [0.4, 0.5) is 0 Å². The van der Waals surface area contributed by atoms with Crippen LogP contribution >= 0.6 is 11.3 Å². The van der Waals surface area contributed by atoms with Crippen molar-refractivity contribution in [3.63, 3.8) is 0 Å². The largest absolute Gasteiger partial charge is 0.490 e. The molecule has 0 radical (unpaired) electrons. The minimum atomic E-state index is -0.976. The Morgan fingerprint density at radius 3 is 2.46 bits per heavy atom. The van der Waals surface area contributed by atoms with Gasteiger partial charge in [0.25, 0.3) is 5.91 Å². The number of carboxylic acid groups (broad SMARTS) is 1. The zero-order valence-corrected chi connectivity index (χ0v) is 14.0. The lowest BCUT2D eigenvalue weighted by Crippen LogP contribution is -2.33. The number of nitrogens with one attached hydrogen (secondary N) is 1. The number of hydrogen-bond donors (Lipinski definition) is 2. The standard InChI is InChI=1S/C17H19NO5S/c1-2-22-13-6-3-4-7-14(13)23-11-16(19)18-12(10-17(20)21)15-8-5-9-24-15/h3-9,12H,2,10-11H2,1H3,(H,18,19)(H,20,21)/t12-/m0/s1. The van der Waals surface area contributed by atoms with Gasteiger partial charge in [0.2, 0.25) is 0 Å². The van der Waals surface area contributed by atoms with Gasteiger partial charge in [-0.05, 0) is 30.5 Å². The van der Waals surface area contributed by atoms with Crippen molar-refractivity contribution in [3.8, 4) is 11.5 Å². The zero-order chi connectivity index (χ0) is 17.4. The summed E-state index contributed by atoms with van der Waals surface area (Å²) in [5.74, 6) is -0.328. The van der Waals surface area contributed by atoms with Crippen LogP contribution in [0.15, 0.2) is 41.8 Å². The Balaban J connectivity index is 1.95. The van der Waals surface area contributed by atoms with Gasteiger partial charge in [0.05, 0.1) is 19.1 Å². The van der Waals surface area contributed by atoms with Gasteiger partial charge in [-0.2, -0.15) is 0 Å². The molecule has 0 saturated carbocycles. The topological polar surface area (TPSA) is 84.9 Å².